The third-order valence-corrected chi connectivity index (χ3v) is 12.4. The molecule has 0 aliphatic rings. The van der Waals surface area contributed by atoms with Crippen molar-refractivity contribution in [2.45, 2.75) is 0 Å². The lowest BCUT2D eigenvalue weighted by atomic mass is 10.0. The number of anilines is 3. The van der Waals surface area contributed by atoms with Gasteiger partial charge in [0.2, 0.25) is 0 Å². The highest BCUT2D eigenvalue weighted by Crippen LogP contribution is 2.46. The molecule has 0 aliphatic carbocycles. The number of fused-ring (bicyclic) bond motifs is 12. The van der Waals surface area contributed by atoms with Crippen molar-refractivity contribution in [2.75, 3.05) is 4.90 Å². The normalized spacial score (nSPS) is 12.0. The van der Waals surface area contributed by atoms with Gasteiger partial charge >= 0.3 is 0 Å². The van der Waals surface area contributed by atoms with Gasteiger partial charge in [-0.15, -0.1) is 22.7 Å². The minimum Gasteiger partial charge on any atom is -0.455 e. The van der Waals surface area contributed by atoms with Gasteiger partial charge in [0, 0.05) is 68.2 Å². The van der Waals surface area contributed by atoms with E-state index in [0.29, 0.717) is 0 Å². The van der Waals surface area contributed by atoms with Crippen LogP contribution in [-0.2, 0) is 0 Å². The third kappa shape index (κ3) is 4.13. The highest BCUT2D eigenvalue weighted by Gasteiger charge is 2.19. The Hall–Kier alpha value is -5.94. The second kappa shape index (κ2) is 10.8. The maximum atomic E-state index is 6.71. The molecule has 3 heterocycles. The fourth-order valence-electron chi connectivity index (χ4n) is 7.78. The number of thiophene rings is 2. The van der Waals surface area contributed by atoms with Crippen molar-refractivity contribution in [2.24, 2.45) is 0 Å². The number of nitrogens with zero attached hydrogens (tertiary/aromatic N) is 1. The van der Waals surface area contributed by atoms with Crippen molar-refractivity contribution in [1.82, 2.24) is 0 Å². The summed E-state index contributed by atoms with van der Waals surface area (Å²) in [6.07, 6.45) is 0. The van der Waals surface area contributed by atoms with Crippen molar-refractivity contribution in [1.29, 1.82) is 0 Å². The third-order valence-electron chi connectivity index (χ3n) is 10.1. The Morgan fingerprint density at radius 3 is 2.04 bits per heavy atom. The summed E-state index contributed by atoms with van der Waals surface area (Å²) in [5, 5.41) is 9.85. The standard InChI is InChI=1S/C46H27NOS2/c1-2-10-30(11-3-1)47(31-20-17-29(18-21-31)34-14-8-15-36-35-13-6-7-16-40(35)50-46(34)36)32-22-25-41-38(27-32)44-42(49-41)26-23-37-43-33-12-5-4-9-28(33)19-24-39(43)48-45(37)44/h1-27H. The molecule has 0 fully saturated rings. The van der Waals surface area contributed by atoms with Crippen LogP contribution in [0.4, 0.5) is 17.1 Å². The fourth-order valence-corrected chi connectivity index (χ4v) is 10.1. The smallest absolute Gasteiger partial charge is 0.144 e. The first kappa shape index (κ1) is 28.0. The lowest BCUT2D eigenvalue weighted by molar-refractivity contribution is 0.673. The van der Waals surface area contributed by atoms with Gasteiger partial charge in [0.05, 0.1) is 0 Å². The number of furan rings is 1. The van der Waals surface area contributed by atoms with E-state index in [9.17, 15) is 0 Å². The van der Waals surface area contributed by atoms with Crippen LogP contribution in [0.1, 0.15) is 0 Å². The summed E-state index contributed by atoms with van der Waals surface area (Å²) in [6, 6.07) is 59.3. The summed E-state index contributed by atoms with van der Waals surface area (Å²) >= 11 is 3.70. The predicted octanol–water partition coefficient (Wildman–Crippen LogP) is 14.6. The molecule has 0 amide bonds. The van der Waals surface area contributed by atoms with Crippen LogP contribution < -0.4 is 4.90 Å². The van der Waals surface area contributed by atoms with Crippen molar-refractivity contribution < 1.29 is 4.42 Å². The van der Waals surface area contributed by atoms with Crippen molar-refractivity contribution in [3.8, 4) is 11.1 Å². The molecule has 0 spiro atoms. The molecule has 0 N–H and O–H groups in total. The van der Waals surface area contributed by atoms with Crippen molar-refractivity contribution >= 4 is 113 Å². The van der Waals surface area contributed by atoms with Crippen LogP contribution in [0.15, 0.2) is 168 Å². The van der Waals surface area contributed by atoms with Crippen LogP contribution in [0.3, 0.4) is 0 Å². The highest BCUT2D eigenvalue weighted by molar-refractivity contribution is 7.26. The monoisotopic (exact) mass is 673 g/mol. The number of hydrogen-bond acceptors (Lipinski definition) is 4. The predicted molar refractivity (Wildman–Crippen MR) is 217 cm³/mol. The highest BCUT2D eigenvalue weighted by atomic mass is 32.1. The lowest BCUT2D eigenvalue weighted by Gasteiger charge is -2.26. The van der Waals surface area contributed by atoms with Crippen LogP contribution >= 0.6 is 22.7 Å². The molecular weight excluding hydrogens is 647 g/mol. The molecule has 234 valence electrons. The summed E-state index contributed by atoms with van der Waals surface area (Å²) in [5.41, 5.74) is 7.73. The largest absolute Gasteiger partial charge is 0.455 e. The van der Waals surface area contributed by atoms with E-state index in [1.54, 1.807) is 0 Å². The zero-order valence-corrected chi connectivity index (χ0v) is 28.4. The number of benzene rings is 8. The number of hydrogen-bond donors (Lipinski definition) is 0. The molecule has 3 aromatic heterocycles. The molecule has 0 unspecified atom stereocenters. The SMILES string of the molecule is c1ccc(N(c2ccc(-c3cccc4c3sc3ccccc34)cc2)c2ccc3sc4ccc5c(oc6ccc7ccccc7c65)c4c3c2)cc1. The molecule has 0 aliphatic heterocycles. The second-order valence-electron chi connectivity index (χ2n) is 12.9. The van der Waals surface area contributed by atoms with Crippen LogP contribution in [0.25, 0.3) is 84.2 Å². The van der Waals surface area contributed by atoms with Gasteiger partial charge in [-0.2, -0.15) is 0 Å². The minimum absolute atomic E-state index is 0.930. The second-order valence-corrected chi connectivity index (χ2v) is 15.0. The average molecular weight is 674 g/mol. The van der Waals surface area contributed by atoms with E-state index in [1.165, 1.54) is 73.0 Å². The van der Waals surface area contributed by atoms with Gasteiger partial charge in [-0.3, -0.25) is 0 Å². The Balaban J connectivity index is 1.08. The van der Waals surface area contributed by atoms with E-state index >= 15 is 0 Å². The Morgan fingerprint density at radius 2 is 1.14 bits per heavy atom. The molecule has 4 heteroatoms. The van der Waals surface area contributed by atoms with Crippen molar-refractivity contribution in [3.05, 3.63) is 164 Å². The van der Waals surface area contributed by atoms with E-state index in [-0.39, 0.29) is 0 Å². The molecule has 0 radical (unpaired) electrons. The molecule has 8 aromatic carbocycles. The van der Waals surface area contributed by atoms with Gasteiger partial charge < -0.3 is 9.32 Å². The van der Waals surface area contributed by atoms with Crippen LogP contribution in [-0.4, -0.2) is 0 Å². The zero-order chi connectivity index (χ0) is 32.8. The fraction of sp³-hybridized carbons (Fsp3) is 0. The van der Waals surface area contributed by atoms with Crippen LogP contribution in [0.5, 0.6) is 0 Å². The molecule has 0 atom stereocenters. The first-order valence-corrected chi connectivity index (χ1v) is 18.5. The first-order valence-electron chi connectivity index (χ1n) is 16.8. The Morgan fingerprint density at radius 1 is 0.420 bits per heavy atom. The molecule has 11 aromatic rings. The first-order chi connectivity index (χ1) is 24.8. The topological polar surface area (TPSA) is 16.4 Å². The molecule has 11 rings (SSSR count). The maximum Gasteiger partial charge on any atom is 0.144 e. The van der Waals surface area contributed by atoms with Gasteiger partial charge in [-0.25, -0.2) is 0 Å². The Kier molecular flexibility index (Phi) is 6.03. The van der Waals surface area contributed by atoms with Crippen LogP contribution in [0.2, 0.25) is 0 Å². The summed E-state index contributed by atoms with van der Waals surface area (Å²) in [6.45, 7) is 0. The Labute approximate surface area is 295 Å². The summed E-state index contributed by atoms with van der Waals surface area (Å²) < 4.78 is 11.9. The van der Waals surface area contributed by atoms with E-state index in [1.807, 2.05) is 22.7 Å². The quantitative estimate of drug-likeness (QED) is 0.185. The van der Waals surface area contributed by atoms with Gasteiger partial charge in [0.15, 0.2) is 0 Å². The van der Waals surface area contributed by atoms with E-state index in [2.05, 4.69) is 169 Å². The van der Waals surface area contributed by atoms with E-state index in [0.717, 1.165) is 28.2 Å². The Bertz CT molecular complexity index is 3090. The summed E-state index contributed by atoms with van der Waals surface area (Å²) in [5.74, 6) is 0. The molecule has 0 bridgehead atoms. The number of rotatable bonds is 4. The zero-order valence-electron chi connectivity index (χ0n) is 26.8. The minimum atomic E-state index is 0.930. The molecule has 50 heavy (non-hydrogen) atoms. The molecular formula is C46H27NOS2. The summed E-state index contributed by atoms with van der Waals surface area (Å²) in [7, 11) is 0. The number of para-hydroxylation sites is 1. The van der Waals surface area contributed by atoms with E-state index in [4.69, 9.17) is 4.42 Å². The van der Waals surface area contributed by atoms with Gasteiger partial charge in [-0.1, -0.05) is 97.1 Å². The van der Waals surface area contributed by atoms with E-state index < -0.39 is 0 Å². The van der Waals surface area contributed by atoms with Crippen LogP contribution in [0, 0.1) is 0 Å². The molecule has 0 saturated heterocycles. The maximum absolute atomic E-state index is 6.71. The van der Waals surface area contributed by atoms with Gasteiger partial charge in [0.25, 0.3) is 0 Å². The lowest BCUT2D eigenvalue weighted by Crippen LogP contribution is -2.09. The van der Waals surface area contributed by atoms with Gasteiger partial charge in [-0.05, 0) is 88.6 Å². The average Bonchev–Trinajstić information content (AvgIpc) is 3.87. The molecule has 0 saturated carbocycles. The van der Waals surface area contributed by atoms with Gasteiger partial charge in [0.1, 0.15) is 11.2 Å². The van der Waals surface area contributed by atoms with Crippen molar-refractivity contribution in [3.63, 3.8) is 0 Å². The molecule has 2 nitrogen and oxygen atoms in total. The summed E-state index contributed by atoms with van der Waals surface area (Å²) in [4.78, 5) is 2.36.